The maximum Gasteiger partial charge on any atom is 0.211 e. The number of nitrogens with zero attached hydrogens (tertiary/aromatic N) is 6. The van der Waals surface area contributed by atoms with Crippen LogP contribution in [0.15, 0.2) is 36.0 Å². The zero-order valence-corrected chi connectivity index (χ0v) is 16.9. The van der Waals surface area contributed by atoms with Crippen molar-refractivity contribution in [3.05, 3.63) is 46.7 Å². The van der Waals surface area contributed by atoms with Gasteiger partial charge in [0.25, 0.3) is 0 Å². The van der Waals surface area contributed by atoms with Gasteiger partial charge in [0.2, 0.25) is 10.0 Å². The summed E-state index contributed by atoms with van der Waals surface area (Å²) >= 11 is 1.62. The van der Waals surface area contributed by atoms with Gasteiger partial charge in [-0.15, -0.1) is 16.4 Å². The topological polar surface area (TPSA) is 103 Å². The van der Waals surface area contributed by atoms with Crippen LogP contribution < -0.4 is 4.74 Å². The van der Waals surface area contributed by atoms with Crippen LogP contribution in [0.4, 0.5) is 0 Å². The highest BCUT2D eigenvalue weighted by Gasteiger charge is 2.27. The molecule has 1 saturated heterocycles. The Morgan fingerprint density at radius 1 is 1.21 bits per heavy atom. The molecule has 1 aromatic carbocycles. The molecule has 11 heteroatoms. The molecule has 0 atom stereocenters. The fourth-order valence-electron chi connectivity index (χ4n) is 3.14. The molecule has 3 aromatic rings. The lowest BCUT2D eigenvalue weighted by Gasteiger charge is -2.29. The first-order valence-corrected chi connectivity index (χ1v) is 11.6. The van der Waals surface area contributed by atoms with Crippen molar-refractivity contribution in [1.29, 1.82) is 0 Å². The Morgan fingerprint density at radius 2 is 1.96 bits per heavy atom. The van der Waals surface area contributed by atoms with Gasteiger partial charge in [0.15, 0.2) is 0 Å². The van der Waals surface area contributed by atoms with Crippen molar-refractivity contribution in [2.75, 3.05) is 19.3 Å². The van der Waals surface area contributed by atoms with Crippen molar-refractivity contribution < 1.29 is 13.2 Å². The van der Waals surface area contributed by atoms with E-state index in [1.807, 2.05) is 29.6 Å². The van der Waals surface area contributed by atoms with Crippen molar-refractivity contribution in [2.45, 2.75) is 25.4 Å². The quantitative estimate of drug-likeness (QED) is 0.599. The molecule has 9 nitrogen and oxygen atoms in total. The van der Waals surface area contributed by atoms with Gasteiger partial charge < -0.3 is 4.74 Å². The van der Waals surface area contributed by atoms with Gasteiger partial charge >= 0.3 is 0 Å². The van der Waals surface area contributed by atoms with E-state index in [0.717, 1.165) is 35.0 Å². The monoisotopic (exact) mass is 420 g/mol. The smallest absolute Gasteiger partial charge is 0.211 e. The van der Waals surface area contributed by atoms with E-state index in [1.54, 1.807) is 20.3 Å². The first-order valence-electron chi connectivity index (χ1n) is 8.85. The maximum absolute atomic E-state index is 11.6. The Balaban J connectivity index is 1.32. The predicted molar refractivity (Wildman–Crippen MR) is 104 cm³/mol. The molecule has 0 N–H and O–H groups in total. The van der Waals surface area contributed by atoms with Crippen molar-refractivity contribution in [2.24, 2.45) is 0 Å². The molecule has 0 aliphatic carbocycles. The van der Waals surface area contributed by atoms with E-state index in [0.29, 0.717) is 25.6 Å². The molecule has 1 aliphatic heterocycles. The van der Waals surface area contributed by atoms with E-state index >= 15 is 0 Å². The molecule has 0 bridgehead atoms. The standard InChI is InChI=1S/C17H20N6O3S2/c1-28(24,25)22-8-6-13(7-9-22)17-19-14(11-27-17)10-26-16-4-2-15(3-5-16)23-12-18-20-21-23/h2-5,11-13H,6-10H2,1H3. The van der Waals surface area contributed by atoms with E-state index in [2.05, 4.69) is 20.5 Å². The van der Waals surface area contributed by atoms with Gasteiger partial charge in [-0.05, 0) is 47.5 Å². The zero-order chi connectivity index (χ0) is 19.6. The number of aromatic nitrogens is 5. The van der Waals surface area contributed by atoms with E-state index in [-0.39, 0.29) is 0 Å². The Morgan fingerprint density at radius 3 is 2.61 bits per heavy atom. The molecule has 1 fully saturated rings. The molecule has 1 aliphatic rings. The second kappa shape index (κ2) is 7.94. The molecule has 0 radical (unpaired) electrons. The average molecular weight is 421 g/mol. The number of tetrazole rings is 1. The highest BCUT2D eigenvalue weighted by Crippen LogP contribution is 2.31. The minimum atomic E-state index is -3.10. The summed E-state index contributed by atoms with van der Waals surface area (Å²) in [5.74, 6) is 1.06. The predicted octanol–water partition coefficient (Wildman–Crippen LogP) is 1.84. The molecule has 148 valence electrons. The van der Waals surface area contributed by atoms with Crippen LogP contribution >= 0.6 is 11.3 Å². The van der Waals surface area contributed by atoms with Gasteiger partial charge in [-0.3, -0.25) is 0 Å². The highest BCUT2D eigenvalue weighted by atomic mass is 32.2. The van der Waals surface area contributed by atoms with Gasteiger partial charge in [-0.1, -0.05) is 0 Å². The summed E-state index contributed by atoms with van der Waals surface area (Å²) in [6.07, 6.45) is 4.41. The Bertz CT molecular complexity index is 1010. The second-order valence-corrected chi connectivity index (χ2v) is 9.52. The summed E-state index contributed by atoms with van der Waals surface area (Å²) in [5.41, 5.74) is 1.74. The number of ether oxygens (including phenoxy) is 1. The van der Waals surface area contributed by atoms with Crippen molar-refractivity contribution in [3.8, 4) is 11.4 Å². The van der Waals surface area contributed by atoms with Crippen LogP contribution in [0, 0.1) is 0 Å². The molecule has 0 spiro atoms. The van der Waals surface area contributed by atoms with Crippen LogP contribution in [0.5, 0.6) is 5.75 Å². The molecular weight excluding hydrogens is 400 g/mol. The minimum Gasteiger partial charge on any atom is -0.487 e. The lowest BCUT2D eigenvalue weighted by Crippen LogP contribution is -2.37. The summed E-state index contributed by atoms with van der Waals surface area (Å²) in [6, 6.07) is 7.50. The highest BCUT2D eigenvalue weighted by molar-refractivity contribution is 7.88. The summed E-state index contributed by atoms with van der Waals surface area (Å²) < 4.78 is 32.2. The van der Waals surface area contributed by atoms with Crippen LogP contribution in [0.25, 0.3) is 5.69 Å². The van der Waals surface area contributed by atoms with Gasteiger partial charge in [0, 0.05) is 24.4 Å². The Kier molecular flexibility index (Phi) is 5.38. The Hall–Kier alpha value is -2.37. The number of rotatable bonds is 6. The summed E-state index contributed by atoms with van der Waals surface area (Å²) in [6.45, 7) is 1.51. The van der Waals surface area contributed by atoms with E-state index in [9.17, 15) is 8.42 Å². The van der Waals surface area contributed by atoms with Crippen LogP contribution in [0.1, 0.15) is 29.5 Å². The van der Waals surface area contributed by atoms with Crippen molar-refractivity contribution >= 4 is 21.4 Å². The third-order valence-corrected chi connectivity index (χ3v) is 7.04. The van der Waals surface area contributed by atoms with E-state index in [1.165, 1.54) is 12.6 Å². The normalized spacial score (nSPS) is 16.3. The van der Waals surface area contributed by atoms with E-state index < -0.39 is 10.0 Å². The molecule has 28 heavy (non-hydrogen) atoms. The minimum absolute atomic E-state index is 0.312. The van der Waals surface area contributed by atoms with Crippen LogP contribution in [-0.4, -0.2) is 57.3 Å². The number of thiazole rings is 1. The molecule has 0 unspecified atom stereocenters. The summed E-state index contributed by atoms with van der Waals surface area (Å²) in [4.78, 5) is 4.69. The first-order chi connectivity index (χ1) is 13.5. The number of piperidine rings is 1. The van der Waals surface area contributed by atoms with Gasteiger partial charge in [-0.25, -0.2) is 22.4 Å². The molecular formula is C17H20N6O3S2. The molecule has 3 heterocycles. The third-order valence-electron chi connectivity index (χ3n) is 4.68. The summed E-state index contributed by atoms with van der Waals surface area (Å²) in [5, 5.41) is 14.1. The fraction of sp³-hybridized carbons (Fsp3) is 0.412. The number of sulfonamides is 1. The second-order valence-electron chi connectivity index (χ2n) is 6.65. The van der Waals surface area contributed by atoms with Crippen molar-refractivity contribution in [1.82, 2.24) is 29.5 Å². The third kappa shape index (κ3) is 4.37. The molecule has 4 rings (SSSR count). The Labute approximate surface area is 167 Å². The average Bonchev–Trinajstić information content (AvgIpc) is 3.38. The fourth-order valence-corrected chi connectivity index (χ4v) is 4.99. The first kappa shape index (κ1) is 19.0. The van der Waals surface area contributed by atoms with Crippen LogP contribution in [-0.2, 0) is 16.6 Å². The molecule has 0 saturated carbocycles. The number of hydrogen-bond acceptors (Lipinski definition) is 8. The van der Waals surface area contributed by atoms with Crippen LogP contribution in [0.3, 0.4) is 0 Å². The van der Waals surface area contributed by atoms with Gasteiger partial charge in [0.1, 0.15) is 18.7 Å². The largest absolute Gasteiger partial charge is 0.487 e. The zero-order valence-electron chi connectivity index (χ0n) is 15.3. The van der Waals surface area contributed by atoms with Gasteiger partial charge in [-0.2, -0.15) is 0 Å². The molecule has 0 amide bonds. The maximum atomic E-state index is 11.6. The summed E-state index contributed by atoms with van der Waals surface area (Å²) in [7, 11) is -3.10. The molecule has 2 aromatic heterocycles. The van der Waals surface area contributed by atoms with Gasteiger partial charge in [0.05, 0.1) is 22.6 Å². The van der Waals surface area contributed by atoms with Crippen LogP contribution in [0.2, 0.25) is 0 Å². The van der Waals surface area contributed by atoms with Crippen molar-refractivity contribution in [3.63, 3.8) is 0 Å². The number of benzene rings is 1. The number of hydrogen-bond donors (Lipinski definition) is 0. The van der Waals surface area contributed by atoms with E-state index in [4.69, 9.17) is 4.74 Å². The lowest BCUT2D eigenvalue weighted by molar-refractivity contribution is 0.300. The lowest BCUT2D eigenvalue weighted by atomic mass is 9.99. The SMILES string of the molecule is CS(=O)(=O)N1CCC(c2nc(COc3ccc(-n4cnnn4)cc3)cs2)CC1.